The van der Waals surface area contributed by atoms with Crippen molar-refractivity contribution >= 4 is 0 Å². The van der Waals surface area contributed by atoms with Crippen molar-refractivity contribution in [2.75, 3.05) is 0 Å². The topological polar surface area (TPSA) is 30.7 Å². The minimum atomic E-state index is 0.406. The summed E-state index contributed by atoms with van der Waals surface area (Å²) in [5.41, 5.74) is 7.27. The van der Waals surface area contributed by atoms with Crippen LogP contribution in [-0.2, 0) is 0 Å². The van der Waals surface area contributed by atoms with Gasteiger partial charge in [0.15, 0.2) is 5.82 Å². The number of hydrogen-bond acceptors (Lipinski definition) is 2. The molecule has 0 aliphatic carbocycles. The largest absolute Gasteiger partial charge is 0.281 e. The fourth-order valence-corrected chi connectivity index (χ4v) is 3.92. The van der Waals surface area contributed by atoms with Crippen molar-refractivity contribution in [2.45, 2.75) is 39.5 Å². The van der Waals surface area contributed by atoms with Crippen LogP contribution in [0, 0.1) is 0 Å². The molecule has 0 aliphatic heterocycles. The van der Waals surface area contributed by atoms with E-state index in [4.69, 9.17) is 0 Å². The first-order valence-electron chi connectivity index (χ1n) is 10.3. The number of para-hydroxylation sites is 1. The lowest BCUT2D eigenvalue weighted by Crippen LogP contribution is -2.08. The van der Waals surface area contributed by atoms with Crippen LogP contribution < -0.4 is 0 Å². The summed E-state index contributed by atoms with van der Waals surface area (Å²) >= 11 is 0. The quantitative estimate of drug-likeness (QED) is 0.378. The number of nitrogens with zero attached hydrogens (tertiary/aromatic N) is 3. The molecule has 0 unspecified atom stereocenters. The molecule has 0 saturated carbocycles. The maximum Gasteiger partial charge on any atom is 0.168 e. The van der Waals surface area contributed by atoms with E-state index in [0.29, 0.717) is 11.8 Å². The van der Waals surface area contributed by atoms with Crippen molar-refractivity contribution in [2.24, 2.45) is 0 Å². The molecule has 0 atom stereocenters. The maximum atomic E-state index is 4.56. The van der Waals surface area contributed by atoms with E-state index >= 15 is 0 Å². The fraction of sp³-hybridized carbons (Fsp3) is 0.231. The lowest BCUT2D eigenvalue weighted by molar-refractivity contribution is 0.806. The van der Waals surface area contributed by atoms with Crippen LogP contribution in [0.15, 0.2) is 79.1 Å². The predicted octanol–water partition coefficient (Wildman–Crippen LogP) is 6.85. The van der Waals surface area contributed by atoms with E-state index in [-0.39, 0.29) is 0 Å². The molecule has 0 saturated heterocycles. The molecule has 146 valence electrons. The van der Waals surface area contributed by atoms with Crippen molar-refractivity contribution in [3.8, 4) is 28.2 Å². The second-order valence-corrected chi connectivity index (χ2v) is 8.03. The molecule has 3 heteroatoms. The number of benzene rings is 3. The Kier molecular flexibility index (Phi) is 5.30. The molecule has 29 heavy (non-hydrogen) atoms. The molecule has 0 amide bonds. The molecule has 3 nitrogen and oxygen atoms in total. The second-order valence-electron chi connectivity index (χ2n) is 8.03. The van der Waals surface area contributed by atoms with E-state index in [1.165, 1.54) is 22.4 Å². The van der Waals surface area contributed by atoms with E-state index in [2.05, 4.69) is 109 Å². The average Bonchev–Trinajstić information content (AvgIpc) is 3.23. The number of aromatic nitrogens is 3. The Morgan fingerprint density at radius 3 is 1.86 bits per heavy atom. The van der Waals surface area contributed by atoms with Gasteiger partial charge < -0.3 is 0 Å². The third-order valence-electron chi connectivity index (χ3n) is 5.38. The van der Waals surface area contributed by atoms with Gasteiger partial charge in [-0.3, -0.25) is 4.57 Å². The van der Waals surface area contributed by atoms with Gasteiger partial charge in [0.1, 0.15) is 6.33 Å². The highest BCUT2D eigenvalue weighted by atomic mass is 15.3. The summed E-state index contributed by atoms with van der Waals surface area (Å²) in [6, 6.07) is 25.5. The van der Waals surface area contributed by atoms with Gasteiger partial charge in [0.25, 0.3) is 0 Å². The van der Waals surface area contributed by atoms with Gasteiger partial charge in [0.2, 0.25) is 0 Å². The zero-order chi connectivity index (χ0) is 20.4. The zero-order valence-corrected chi connectivity index (χ0v) is 17.5. The zero-order valence-electron chi connectivity index (χ0n) is 17.5. The van der Waals surface area contributed by atoms with Crippen LogP contribution in [0.3, 0.4) is 0 Å². The molecule has 0 bridgehead atoms. The molecule has 0 fully saturated rings. The number of rotatable bonds is 5. The third-order valence-corrected chi connectivity index (χ3v) is 5.38. The molecule has 0 aliphatic rings. The standard InChI is InChI=1S/C26H27N3/c1-18(2)21-15-10-16-22(19(3)4)25(21)29-17-27-28-26(29)24-14-9-8-13-23(24)20-11-6-5-7-12-20/h5-19H,1-4H3. The van der Waals surface area contributed by atoms with Crippen LogP contribution in [0.25, 0.3) is 28.2 Å². The summed E-state index contributed by atoms with van der Waals surface area (Å²) in [4.78, 5) is 0. The van der Waals surface area contributed by atoms with E-state index < -0.39 is 0 Å². The summed E-state index contributed by atoms with van der Waals surface area (Å²) in [5.74, 6) is 1.69. The van der Waals surface area contributed by atoms with E-state index in [0.717, 1.165) is 17.0 Å². The highest BCUT2D eigenvalue weighted by Gasteiger charge is 2.20. The molecule has 0 N–H and O–H groups in total. The second kappa shape index (κ2) is 8.04. The van der Waals surface area contributed by atoms with Crippen molar-refractivity contribution in [1.82, 2.24) is 14.8 Å². The average molecular weight is 382 g/mol. The van der Waals surface area contributed by atoms with E-state index in [9.17, 15) is 0 Å². The Hall–Kier alpha value is -3.20. The lowest BCUT2D eigenvalue weighted by Gasteiger charge is -2.21. The van der Waals surface area contributed by atoms with E-state index in [1.54, 1.807) is 0 Å². The van der Waals surface area contributed by atoms with Crippen molar-refractivity contribution in [3.63, 3.8) is 0 Å². The summed E-state index contributed by atoms with van der Waals surface area (Å²) in [7, 11) is 0. The monoisotopic (exact) mass is 381 g/mol. The van der Waals surface area contributed by atoms with Crippen molar-refractivity contribution in [1.29, 1.82) is 0 Å². The molecule has 4 rings (SSSR count). The van der Waals surface area contributed by atoms with Gasteiger partial charge in [-0.1, -0.05) is 100 Å². The fourth-order valence-electron chi connectivity index (χ4n) is 3.92. The molecular formula is C26H27N3. The summed E-state index contributed by atoms with van der Waals surface area (Å²) < 4.78 is 2.17. The summed E-state index contributed by atoms with van der Waals surface area (Å²) in [5, 5.41) is 8.89. The normalized spacial score (nSPS) is 11.4. The van der Waals surface area contributed by atoms with Gasteiger partial charge in [-0.15, -0.1) is 10.2 Å². The van der Waals surface area contributed by atoms with Crippen LogP contribution in [0.2, 0.25) is 0 Å². The van der Waals surface area contributed by atoms with Gasteiger partial charge in [0.05, 0.1) is 5.69 Å². The van der Waals surface area contributed by atoms with Gasteiger partial charge in [-0.25, -0.2) is 0 Å². The molecule has 1 aromatic heterocycles. The molecule has 0 radical (unpaired) electrons. The Morgan fingerprint density at radius 2 is 1.24 bits per heavy atom. The smallest absolute Gasteiger partial charge is 0.168 e. The van der Waals surface area contributed by atoms with Crippen LogP contribution >= 0.6 is 0 Å². The van der Waals surface area contributed by atoms with Gasteiger partial charge in [-0.05, 0) is 34.1 Å². The minimum absolute atomic E-state index is 0.406. The van der Waals surface area contributed by atoms with Gasteiger partial charge >= 0.3 is 0 Å². The first kappa shape index (κ1) is 19.1. The predicted molar refractivity (Wildman–Crippen MR) is 120 cm³/mol. The Morgan fingerprint density at radius 1 is 0.655 bits per heavy atom. The van der Waals surface area contributed by atoms with Crippen LogP contribution in [0.1, 0.15) is 50.7 Å². The van der Waals surface area contributed by atoms with Crippen LogP contribution in [0.5, 0.6) is 0 Å². The Labute approximate surface area is 173 Å². The molecule has 1 heterocycles. The minimum Gasteiger partial charge on any atom is -0.281 e. The lowest BCUT2D eigenvalue weighted by atomic mass is 9.92. The molecule has 3 aromatic carbocycles. The first-order chi connectivity index (χ1) is 14.1. The molecule has 4 aromatic rings. The maximum absolute atomic E-state index is 4.56. The van der Waals surface area contributed by atoms with Gasteiger partial charge in [0, 0.05) is 5.56 Å². The van der Waals surface area contributed by atoms with Gasteiger partial charge in [-0.2, -0.15) is 0 Å². The van der Waals surface area contributed by atoms with E-state index in [1.807, 2.05) is 12.4 Å². The van der Waals surface area contributed by atoms with Crippen LogP contribution in [0.4, 0.5) is 0 Å². The molecule has 0 spiro atoms. The first-order valence-corrected chi connectivity index (χ1v) is 10.3. The number of hydrogen-bond donors (Lipinski definition) is 0. The summed E-state index contributed by atoms with van der Waals surface area (Å²) in [6.07, 6.45) is 1.85. The Balaban J connectivity index is 1.97. The van der Waals surface area contributed by atoms with Crippen LogP contribution in [-0.4, -0.2) is 14.8 Å². The third kappa shape index (κ3) is 3.61. The summed E-state index contributed by atoms with van der Waals surface area (Å²) in [6.45, 7) is 8.96. The SMILES string of the molecule is CC(C)c1cccc(C(C)C)c1-n1cnnc1-c1ccccc1-c1ccccc1. The van der Waals surface area contributed by atoms with Crippen molar-refractivity contribution in [3.05, 3.63) is 90.3 Å². The highest BCUT2D eigenvalue weighted by molar-refractivity contribution is 5.81. The molecular weight excluding hydrogens is 354 g/mol. The highest BCUT2D eigenvalue weighted by Crippen LogP contribution is 2.36. The Bertz CT molecular complexity index is 1080. The van der Waals surface area contributed by atoms with Crippen molar-refractivity contribution < 1.29 is 0 Å².